The molecule has 2 N–H and O–H groups in total. The minimum Gasteiger partial charge on any atom is -0.465 e. The van der Waals surface area contributed by atoms with E-state index < -0.39 is 6.09 Å². The van der Waals surface area contributed by atoms with Gasteiger partial charge >= 0.3 is 6.09 Å². The van der Waals surface area contributed by atoms with Crippen LogP contribution in [0, 0.1) is 6.92 Å². The van der Waals surface area contributed by atoms with Crippen molar-refractivity contribution in [3.63, 3.8) is 0 Å². The Kier molecular flexibility index (Phi) is 5.00. The van der Waals surface area contributed by atoms with Gasteiger partial charge in [-0.2, -0.15) is 0 Å². The molecule has 0 spiro atoms. The number of rotatable bonds is 5. The van der Waals surface area contributed by atoms with Crippen molar-refractivity contribution >= 4 is 24.1 Å². The molecule has 0 saturated carbocycles. The topological polar surface area (TPSA) is 66.4 Å². The van der Waals surface area contributed by atoms with Crippen LogP contribution in [0.25, 0.3) is 0 Å². The van der Waals surface area contributed by atoms with Gasteiger partial charge in [0.15, 0.2) is 6.29 Å². The van der Waals surface area contributed by atoms with E-state index in [1.54, 1.807) is 6.07 Å². The summed E-state index contributed by atoms with van der Waals surface area (Å²) in [5.74, 6) is 0. The average molecular weight is 301 g/mol. The molecule has 0 aliphatic heterocycles. The van der Waals surface area contributed by atoms with E-state index in [0.29, 0.717) is 5.56 Å². The highest BCUT2D eigenvalue weighted by atomic mass is 32.2. The molecule has 2 aromatic rings. The van der Waals surface area contributed by atoms with Crippen LogP contribution in [-0.2, 0) is 6.54 Å². The molecule has 0 fully saturated rings. The molecule has 2 aromatic carbocycles. The summed E-state index contributed by atoms with van der Waals surface area (Å²) in [7, 11) is 0. The lowest BCUT2D eigenvalue weighted by molar-refractivity contribution is 0.112. The second-order valence-electron chi connectivity index (χ2n) is 4.48. The van der Waals surface area contributed by atoms with Crippen molar-refractivity contribution in [2.24, 2.45) is 0 Å². The van der Waals surface area contributed by atoms with E-state index in [2.05, 4.69) is 5.32 Å². The van der Waals surface area contributed by atoms with Crippen LogP contribution in [0.5, 0.6) is 0 Å². The number of carbonyl (C=O) groups is 2. The van der Waals surface area contributed by atoms with E-state index in [-0.39, 0.29) is 6.54 Å². The van der Waals surface area contributed by atoms with Crippen LogP contribution >= 0.6 is 11.8 Å². The van der Waals surface area contributed by atoms with Gasteiger partial charge in [0.05, 0.1) is 0 Å². The summed E-state index contributed by atoms with van der Waals surface area (Å²) in [5.41, 5.74) is 2.57. The molecular formula is C16H15NO3S. The lowest BCUT2D eigenvalue weighted by atomic mass is 10.1. The number of nitrogens with one attached hydrogen (secondary N) is 1. The maximum absolute atomic E-state index is 11.1. The zero-order chi connectivity index (χ0) is 15.2. The molecular weight excluding hydrogens is 286 g/mol. The number of carbonyl (C=O) groups excluding carboxylic acids is 1. The van der Waals surface area contributed by atoms with Crippen LogP contribution in [0.1, 0.15) is 21.5 Å². The average Bonchev–Trinajstić information content (AvgIpc) is 2.48. The predicted octanol–water partition coefficient (Wildman–Crippen LogP) is 3.73. The number of aryl methyl sites for hydroxylation is 1. The number of benzene rings is 2. The predicted molar refractivity (Wildman–Crippen MR) is 82.0 cm³/mol. The highest BCUT2D eigenvalue weighted by Gasteiger charge is 2.10. The van der Waals surface area contributed by atoms with Gasteiger partial charge in [0.1, 0.15) is 0 Å². The Morgan fingerprint density at radius 1 is 1.24 bits per heavy atom. The van der Waals surface area contributed by atoms with Gasteiger partial charge in [-0.3, -0.25) is 4.79 Å². The van der Waals surface area contributed by atoms with Gasteiger partial charge in [-0.25, -0.2) is 4.79 Å². The maximum atomic E-state index is 11.1. The largest absolute Gasteiger partial charge is 0.465 e. The monoisotopic (exact) mass is 301 g/mol. The minimum absolute atomic E-state index is 0.239. The highest BCUT2D eigenvalue weighted by molar-refractivity contribution is 7.99. The summed E-state index contributed by atoms with van der Waals surface area (Å²) in [5, 5.41) is 11.1. The van der Waals surface area contributed by atoms with Crippen molar-refractivity contribution in [2.75, 3.05) is 0 Å². The highest BCUT2D eigenvalue weighted by Crippen LogP contribution is 2.34. The SMILES string of the molecule is Cc1cccc(CNC(=O)O)c1Sc1ccccc1C=O. The van der Waals surface area contributed by atoms with E-state index in [1.807, 2.05) is 43.3 Å². The maximum Gasteiger partial charge on any atom is 0.404 e. The molecule has 0 radical (unpaired) electrons. The molecule has 21 heavy (non-hydrogen) atoms. The molecule has 0 aliphatic rings. The second-order valence-corrected chi connectivity index (χ2v) is 5.53. The fourth-order valence-corrected chi connectivity index (χ4v) is 3.05. The van der Waals surface area contributed by atoms with Crippen LogP contribution in [0.4, 0.5) is 4.79 Å². The number of hydrogen-bond acceptors (Lipinski definition) is 3. The number of hydrogen-bond donors (Lipinski definition) is 2. The van der Waals surface area contributed by atoms with Gasteiger partial charge in [0.2, 0.25) is 0 Å². The molecule has 5 heteroatoms. The summed E-state index contributed by atoms with van der Waals surface area (Å²) >= 11 is 1.48. The van der Waals surface area contributed by atoms with Crippen molar-refractivity contribution in [3.8, 4) is 0 Å². The summed E-state index contributed by atoms with van der Waals surface area (Å²) in [6.45, 7) is 2.21. The van der Waals surface area contributed by atoms with Gasteiger partial charge in [0.25, 0.3) is 0 Å². The van der Waals surface area contributed by atoms with Crippen LogP contribution in [0.3, 0.4) is 0 Å². The normalized spacial score (nSPS) is 10.1. The Balaban J connectivity index is 2.34. The number of carboxylic acid groups (broad SMARTS) is 1. The Bertz CT molecular complexity index is 670. The third kappa shape index (κ3) is 3.86. The van der Waals surface area contributed by atoms with Gasteiger partial charge < -0.3 is 10.4 Å². The molecule has 0 aromatic heterocycles. The first-order chi connectivity index (χ1) is 10.1. The molecule has 2 rings (SSSR count). The Hall–Kier alpha value is -2.27. The lowest BCUT2D eigenvalue weighted by Crippen LogP contribution is -2.20. The summed E-state index contributed by atoms with van der Waals surface area (Å²) < 4.78 is 0. The van der Waals surface area contributed by atoms with E-state index in [0.717, 1.165) is 27.2 Å². The first-order valence-electron chi connectivity index (χ1n) is 6.39. The summed E-state index contributed by atoms with van der Waals surface area (Å²) in [6, 6.07) is 13.1. The van der Waals surface area contributed by atoms with Crippen LogP contribution in [-0.4, -0.2) is 17.5 Å². The smallest absolute Gasteiger partial charge is 0.404 e. The fourth-order valence-electron chi connectivity index (χ4n) is 1.95. The summed E-state index contributed by atoms with van der Waals surface area (Å²) in [4.78, 5) is 23.6. The van der Waals surface area contributed by atoms with Gasteiger partial charge in [0, 0.05) is 21.9 Å². The molecule has 0 atom stereocenters. The molecule has 4 nitrogen and oxygen atoms in total. The molecule has 0 bridgehead atoms. The zero-order valence-electron chi connectivity index (χ0n) is 11.5. The molecule has 0 aliphatic carbocycles. The van der Waals surface area contributed by atoms with E-state index in [9.17, 15) is 9.59 Å². The summed E-state index contributed by atoms with van der Waals surface area (Å²) in [6.07, 6.45) is -0.226. The second kappa shape index (κ2) is 6.95. The Labute approximate surface area is 127 Å². The molecule has 0 saturated heterocycles. The standard InChI is InChI=1S/C16H15NO3S/c1-11-5-4-7-12(9-17-16(19)20)15(11)21-14-8-3-2-6-13(14)10-18/h2-8,10,17H,9H2,1H3,(H,19,20). The number of aldehydes is 1. The first kappa shape index (κ1) is 15.1. The lowest BCUT2D eigenvalue weighted by Gasteiger charge is -2.13. The van der Waals surface area contributed by atoms with Gasteiger partial charge in [-0.15, -0.1) is 0 Å². The minimum atomic E-state index is -1.05. The molecule has 108 valence electrons. The zero-order valence-corrected chi connectivity index (χ0v) is 12.3. The van der Waals surface area contributed by atoms with Crippen molar-refractivity contribution in [2.45, 2.75) is 23.3 Å². The number of amides is 1. The third-order valence-corrected chi connectivity index (χ3v) is 4.36. The van der Waals surface area contributed by atoms with Crippen molar-refractivity contribution in [3.05, 3.63) is 59.2 Å². The Morgan fingerprint density at radius 3 is 2.71 bits per heavy atom. The first-order valence-corrected chi connectivity index (χ1v) is 7.21. The van der Waals surface area contributed by atoms with Gasteiger partial charge in [-0.05, 0) is 24.1 Å². The van der Waals surface area contributed by atoms with Crippen LogP contribution in [0.15, 0.2) is 52.3 Å². The Morgan fingerprint density at radius 2 is 2.00 bits per heavy atom. The molecule has 0 unspecified atom stereocenters. The van der Waals surface area contributed by atoms with E-state index in [1.165, 1.54) is 11.8 Å². The van der Waals surface area contributed by atoms with Crippen LogP contribution in [0.2, 0.25) is 0 Å². The van der Waals surface area contributed by atoms with Crippen molar-refractivity contribution < 1.29 is 14.7 Å². The van der Waals surface area contributed by atoms with Gasteiger partial charge in [-0.1, -0.05) is 48.2 Å². The molecule has 1 amide bonds. The van der Waals surface area contributed by atoms with Crippen molar-refractivity contribution in [1.82, 2.24) is 5.32 Å². The molecule has 0 heterocycles. The fraction of sp³-hybridized carbons (Fsp3) is 0.125. The van der Waals surface area contributed by atoms with E-state index in [4.69, 9.17) is 5.11 Å². The quantitative estimate of drug-likeness (QED) is 0.826. The van der Waals surface area contributed by atoms with E-state index >= 15 is 0 Å². The van der Waals surface area contributed by atoms with Crippen molar-refractivity contribution in [1.29, 1.82) is 0 Å². The van der Waals surface area contributed by atoms with Crippen LogP contribution < -0.4 is 5.32 Å². The third-order valence-electron chi connectivity index (χ3n) is 2.98.